The lowest BCUT2D eigenvalue weighted by Gasteiger charge is -2.06. The number of fused-ring (bicyclic) bond motifs is 1. The number of aromatic nitrogens is 1. The Balaban J connectivity index is 0.00000169. The van der Waals surface area contributed by atoms with Gasteiger partial charge in [-0.3, -0.25) is 0 Å². The van der Waals surface area contributed by atoms with Gasteiger partial charge in [-0.2, -0.15) is 0 Å². The van der Waals surface area contributed by atoms with Gasteiger partial charge in [-0.05, 0) is 40.5 Å². The quantitative estimate of drug-likeness (QED) is 0.343. The summed E-state index contributed by atoms with van der Waals surface area (Å²) in [7, 11) is 2.08. The van der Waals surface area contributed by atoms with Crippen LogP contribution in [-0.2, 0) is 7.05 Å². The van der Waals surface area contributed by atoms with Crippen LogP contribution in [0.15, 0.2) is 91.1 Å². The molecule has 0 radical (unpaired) electrons. The van der Waals surface area contributed by atoms with Gasteiger partial charge in [0, 0.05) is 17.5 Å². The lowest BCUT2D eigenvalue weighted by Crippen LogP contribution is -3.00. The molecule has 4 rings (SSSR count). The first-order valence-electron chi connectivity index (χ1n) is 7.85. The SMILES string of the molecule is C[n+]1cccc2cc(-c3ccc(-c4ccccc4)cc3)ccc21.[I-]. The Labute approximate surface area is 159 Å². The van der Waals surface area contributed by atoms with Crippen molar-refractivity contribution < 1.29 is 28.5 Å². The minimum atomic E-state index is 0. The Bertz CT molecular complexity index is 960. The summed E-state index contributed by atoms with van der Waals surface area (Å²) in [4.78, 5) is 0. The molecule has 0 amide bonds. The number of hydrogen-bond acceptors (Lipinski definition) is 0. The molecular formula is C22H18IN. The molecule has 0 aliphatic carbocycles. The summed E-state index contributed by atoms with van der Waals surface area (Å²) in [6.45, 7) is 0. The molecular weight excluding hydrogens is 405 g/mol. The van der Waals surface area contributed by atoms with E-state index in [0.717, 1.165) is 0 Å². The van der Waals surface area contributed by atoms with Crippen LogP contribution >= 0.6 is 0 Å². The van der Waals surface area contributed by atoms with Gasteiger partial charge in [0.1, 0.15) is 7.05 Å². The summed E-state index contributed by atoms with van der Waals surface area (Å²) in [5, 5.41) is 1.26. The molecule has 0 bridgehead atoms. The molecule has 24 heavy (non-hydrogen) atoms. The second kappa shape index (κ2) is 7.14. The largest absolute Gasteiger partial charge is 1.00 e. The number of aryl methyl sites for hydroxylation is 1. The molecule has 0 aliphatic rings. The van der Waals surface area contributed by atoms with Crippen LogP contribution in [0, 0.1) is 0 Å². The molecule has 0 unspecified atom stereocenters. The van der Waals surface area contributed by atoms with Crippen LogP contribution in [0.5, 0.6) is 0 Å². The van der Waals surface area contributed by atoms with Gasteiger partial charge in [-0.15, -0.1) is 0 Å². The molecule has 0 aliphatic heterocycles. The molecule has 0 saturated carbocycles. The summed E-state index contributed by atoms with van der Waals surface area (Å²) in [6.07, 6.45) is 2.08. The third-order valence-electron chi connectivity index (χ3n) is 4.32. The summed E-state index contributed by atoms with van der Waals surface area (Å²) >= 11 is 0. The predicted octanol–water partition coefficient (Wildman–Crippen LogP) is 2.00. The minimum absolute atomic E-state index is 0. The third kappa shape index (κ3) is 3.20. The highest BCUT2D eigenvalue weighted by Crippen LogP contribution is 2.26. The fourth-order valence-electron chi connectivity index (χ4n) is 3.03. The zero-order valence-electron chi connectivity index (χ0n) is 13.5. The molecule has 0 N–H and O–H groups in total. The topological polar surface area (TPSA) is 3.88 Å². The van der Waals surface area contributed by atoms with Gasteiger partial charge in [0.15, 0.2) is 6.20 Å². The normalized spacial score (nSPS) is 10.4. The zero-order valence-corrected chi connectivity index (χ0v) is 15.6. The van der Waals surface area contributed by atoms with Crippen molar-refractivity contribution >= 4 is 10.9 Å². The van der Waals surface area contributed by atoms with Gasteiger partial charge < -0.3 is 24.0 Å². The van der Waals surface area contributed by atoms with Crippen molar-refractivity contribution in [2.45, 2.75) is 0 Å². The van der Waals surface area contributed by atoms with Crippen molar-refractivity contribution in [1.29, 1.82) is 0 Å². The Hall–Kier alpha value is -2.20. The van der Waals surface area contributed by atoms with Crippen molar-refractivity contribution in [1.82, 2.24) is 0 Å². The lowest BCUT2D eigenvalue weighted by molar-refractivity contribution is -0.644. The molecule has 0 saturated heterocycles. The highest BCUT2D eigenvalue weighted by atomic mass is 127. The predicted molar refractivity (Wildman–Crippen MR) is 96.0 cm³/mol. The average molecular weight is 423 g/mol. The second-order valence-corrected chi connectivity index (χ2v) is 5.84. The Morgan fingerprint density at radius 3 is 1.88 bits per heavy atom. The smallest absolute Gasteiger partial charge is 0.212 e. The molecule has 118 valence electrons. The molecule has 1 aromatic heterocycles. The molecule has 0 atom stereocenters. The number of benzene rings is 3. The van der Waals surface area contributed by atoms with Crippen molar-refractivity contribution in [2.75, 3.05) is 0 Å². The van der Waals surface area contributed by atoms with Crippen LogP contribution in [0.4, 0.5) is 0 Å². The molecule has 0 fully saturated rings. The van der Waals surface area contributed by atoms with Crippen molar-refractivity contribution in [3.8, 4) is 22.3 Å². The summed E-state index contributed by atoms with van der Waals surface area (Å²) in [6, 6.07) is 30.2. The number of rotatable bonds is 2. The van der Waals surface area contributed by atoms with Crippen molar-refractivity contribution in [3.63, 3.8) is 0 Å². The van der Waals surface area contributed by atoms with Crippen molar-refractivity contribution in [3.05, 3.63) is 91.1 Å². The fourth-order valence-corrected chi connectivity index (χ4v) is 3.03. The van der Waals surface area contributed by atoms with Gasteiger partial charge in [-0.25, -0.2) is 4.57 Å². The zero-order chi connectivity index (χ0) is 15.6. The molecule has 1 heterocycles. The van der Waals surface area contributed by atoms with Crippen LogP contribution in [0.25, 0.3) is 33.2 Å². The lowest BCUT2D eigenvalue weighted by atomic mass is 9.99. The van der Waals surface area contributed by atoms with Crippen LogP contribution in [-0.4, -0.2) is 0 Å². The number of pyridine rings is 1. The fraction of sp³-hybridized carbons (Fsp3) is 0.0455. The Morgan fingerprint density at radius 1 is 0.583 bits per heavy atom. The molecule has 2 heteroatoms. The number of halogens is 1. The molecule has 0 spiro atoms. The maximum absolute atomic E-state index is 2.26. The van der Waals surface area contributed by atoms with Gasteiger partial charge in [0.25, 0.3) is 0 Å². The van der Waals surface area contributed by atoms with Crippen LogP contribution in [0.2, 0.25) is 0 Å². The van der Waals surface area contributed by atoms with E-state index < -0.39 is 0 Å². The summed E-state index contributed by atoms with van der Waals surface area (Å²) in [5.74, 6) is 0. The maximum atomic E-state index is 2.26. The summed E-state index contributed by atoms with van der Waals surface area (Å²) < 4.78 is 2.15. The van der Waals surface area contributed by atoms with Gasteiger partial charge in [0.05, 0.1) is 0 Å². The van der Waals surface area contributed by atoms with Crippen molar-refractivity contribution in [2.24, 2.45) is 7.05 Å². The highest BCUT2D eigenvalue weighted by Gasteiger charge is 2.06. The standard InChI is InChI=1S/C22H18N.HI/c1-23-15-5-8-21-16-20(13-14-22(21)23)19-11-9-18(10-12-19)17-6-3-2-4-7-17;/h2-16H,1H3;1H/q+1;/p-1. The van der Waals surface area contributed by atoms with Crippen LogP contribution in [0.1, 0.15) is 0 Å². The third-order valence-corrected chi connectivity index (χ3v) is 4.32. The molecule has 4 aromatic rings. The van der Waals surface area contributed by atoms with Gasteiger partial charge in [0.2, 0.25) is 5.52 Å². The minimum Gasteiger partial charge on any atom is -1.00 e. The first kappa shape index (κ1) is 16.7. The highest BCUT2D eigenvalue weighted by molar-refractivity contribution is 5.82. The second-order valence-electron chi connectivity index (χ2n) is 5.84. The van der Waals surface area contributed by atoms with E-state index in [4.69, 9.17) is 0 Å². The Kier molecular flexibility index (Phi) is 4.95. The Morgan fingerprint density at radius 2 is 1.17 bits per heavy atom. The van der Waals surface area contributed by atoms with Gasteiger partial charge >= 0.3 is 0 Å². The first-order chi connectivity index (χ1) is 11.3. The number of hydrogen-bond donors (Lipinski definition) is 0. The first-order valence-corrected chi connectivity index (χ1v) is 7.85. The average Bonchev–Trinajstić information content (AvgIpc) is 2.63. The summed E-state index contributed by atoms with van der Waals surface area (Å²) in [5.41, 5.74) is 6.25. The van der Waals surface area contributed by atoms with E-state index in [1.54, 1.807) is 0 Å². The van der Waals surface area contributed by atoms with E-state index in [9.17, 15) is 0 Å². The van der Waals surface area contributed by atoms with Crippen LogP contribution < -0.4 is 28.5 Å². The van der Waals surface area contributed by atoms with E-state index >= 15 is 0 Å². The molecule has 3 aromatic carbocycles. The van der Waals surface area contributed by atoms with E-state index in [1.807, 2.05) is 6.07 Å². The number of nitrogens with zero attached hydrogens (tertiary/aromatic N) is 1. The van der Waals surface area contributed by atoms with Crippen LogP contribution in [0.3, 0.4) is 0 Å². The van der Waals surface area contributed by atoms with E-state index in [1.165, 1.54) is 33.2 Å². The van der Waals surface area contributed by atoms with E-state index in [-0.39, 0.29) is 24.0 Å². The van der Waals surface area contributed by atoms with E-state index in [0.29, 0.717) is 0 Å². The van der Waals surface area contributed by atoms with Gasteiger partial charge in [-0.1, -0.05) is 54.6 Å². The maximum Gasteiger partial charge on any atom is 0.212 e. The monoisotopic (exact) mass is 423 g/mol. The van der Waals surface area contributed by atoms with E-state index in [2.05, 4.69) is 96.7 Å². The molecule has 1 nitrogen and oxygen atoms in total.